The van der Waals surface area contributed by atoms with E-state index in [4.69, 9.17) is 27.9 Å². The van der Waals surface area contributed by atoms with E-state index in [-0.39, 0.29) is 39.2 Å². The number of aromatic nitrogens is 1. The van der Waals surface area contributed by atoms with Crippen LogP contribution in [0, 0.1) is 5.82 Å². The van der Waals surface area contributed by atoms with Gasteiger partial charge in [-0.1, -0.05) is 23.2 Å². The number of nitrogens with zero attached hydrogens (tertiary/aromatic N) is 2. The SMILES string of the molecule is CCN(NC(=O)[O-])C(=O)NC(C)c1ncc(-c2cc(Cl)cc(Cl)c2OCC(F)F)cc1F. The summed E-state index contributed by atoms with van der Waals surface area (Å²) < 4.78 is 45.0. The van der Waals surface area contributed by atoms with Crippen molar-refractivity contribution < 1.29 is 32.6 Å². The maximum atomic E-state index is 14.8. The van der Waals surface area contributed by atoms with Crippen LogP contribution in [0.3, 0.4) is 0 Å². The molecule has 8 nitrogen and oxygen atoms in total. The van der Waals surface area contributed by atoms with Crippen molar-refractivity contribution in [1.82, 2.24) is 20.7 Å². The molecular weight excluding hydrogens is 476 g/mol. The summed E-state index contributed by atoms with van der Waals surface area (Å²) in [5, 5.41) is 13.9. The van der Waals surface area contributed by atoms with Crippen molar-refractivity contribution in [3.63, 3.8) is 0 Å². The van der Waals surface area contributed by atoms with E-state index in [1.807, 2.05) is 0 Å². The number of ether oxygens (including phenoxy) is 1. The fraction of sp³-hybridized carbons (Fsp3) is 0.316. The molecule has 1 aromatic carbocycles. The Morgan fingerprint density at radius 1 is 1.28 bits per heavy atom. The lowest BCUT2D eigenvalue weighted by Gasteiger charge is -2.25. The second-order valence-electron chi connectivity index (χ2n) is 6.37. The van der Waals surface area contributed by atoms with Gasteiger partial charge in [0.15, 0.2) is 6.09 Å². The molecule has 0 fully saturated rings. The molecule has 1 unspecified atom stereocenters. The zero-order valence-electron chi connectivity index (χ0n) is 16.8. The molecule has 0 radical (unpaired) electrons. The lowest BCUT2D eigenvalue weighted by molar-refractivity contribution is -0.255. The fourth-order valence-corrected chi connectivity index (χ4v) is 3.25. The topological polar surface area (TPSA) is 107 Å². The quantitative estimate of drug-likeness (QED) is 0.570. The Labute approximate surface area is 191 Å². The van der Waals surface area contributed by atoms with E-state index in [1.165, 1.54) is 32.2 Å². The lowest BCUT2D eigenvalue weighted by atomic mass is 10.0. The van der Waals surface area contributed by atoms with Gasteiger partial charge >= 0.3 is 6.03 Å². The molecule has 13 heteroatoms. The number of hydrogen-bond acceptors (Lipinski definition) is 5. The fourth-order valence-electron chi connectivity index (χ4n) is 2.70. The van der Waals surface area contributed by atoms with Gasteiger partial charge in [-0.15, -0.1) is 0 Å². The Balaban J connectivity index is 2.30. The Bertz CT molecular complexity index is 997. The molecule has 1 atom stereocenters. The molecule has 0 saturated heterocycles. The predicted octanol–water partition coefficient (Wildman–Crippen LogP) is 3.78. The van der Waals surface area contributed by atoms with Crippen LogP contribution in [0.4, 0.5) is 22.8 Å². The van der Waals surface area contributed by atoms with Crippen molar-refractivity contribution in [3.8, 4) is 16.9 Å². The normalized spacial score (nSPS) is 11.8. The average molecular weight is 494 g/mol. The molecule has 1 heterocycles. The van der Waals surface area contributed by atoms with Gasteiger partial charge in [0.1, 0.15) is 18.2 Å². The van der Waals surface area contributed by atoms with Gasteiger partial charge in [0.2, 0.25) is 0 Å². The molecule has 2 N–H and O–H groups in total. The van der Waals surface area contributed by atoms with Crippen molar-refractivity contribution >= 4 is 35.3 Å². The first-order valence-corrected chi connectivity index (χ1v) is 9.90. The van der Waals surface area contributed by atoms with Crippen LogP contribution in [0.2, 0.25) is 10.0 Å². The van der Waals surface area contributed by atoms with Crippen LogP contribution in [-0.2, 0) is 0 Å². The molecule has 0 aliphatic rings. The number of amides is 3. The molecule has 3 amide bonds. The number of pyridine rings is 1. The van der Waals surface area contributed by atoms with Crippen molar-refractivity contribution in [2.45, 2.75) is 26.3 Å². The van der Waals surface area contributed by atoms with Gasteiger partial charge in [0.25, 0.3) is 6.43 Å². The van der Waals surface area contributed by atoms with Crippen LogP contribution in [-0.4, -0.2) is 41.7 Å². The van der Waals surface area contributed by atoms with Gasteiger partial charge < -0.3 is 20.0 Å². The van der Waals surface area contributed by atoms with Gasteiger partial charge in [-0.2, -0.15) is 0 Å². The number of rotatable bonds is 7. The minimum Gasteiger partial charge on any atom is -0.529 e. The Morgan fingerprint density at radius 2 is 1.97 bits per heavy atom. The summed E-state index contributed by atoms with van der Waals surface area (Å²) in [6.07, 6.45) is -3.21. The Hall–Kier alpha value is -2.92. The van der Waals surface area contributed by atoms with Crippen LogP contribution in [0.1, 0.15) is 25.6 Å². The second kappa shape index (κ2) is 11.1. The highest BCUT2D eigenvalue weighted by Gasteiger charge is 2.21. The third-order valence-corrected chi connectivity index (χ3v) is 4.58. The number of carbonyl (C=O) groups is 2. The highest BCUT2D eigenvalue weighted by Crippen LogP contribution is 2.39. The molecular formula is C19H18Cl2F3N4O4-. The number of alkyl halides is 2. The maximum absolute atomic E-state index is 14.8. The molecule has 0 saturated carbocycles. The average Bonchev–Trinajstić information content (AvgIpc) is 2.70. The minimum atomic E-state index is -2.76. The first kappa shape index (κ1) is 25.3. The third kappa shape index (κ3) is 6.54. The summed E-state index contributed by atoms with van der Waals surface area (Å²) >= 11 is 12.0. The lowest BCUT2D eigenvalue weighted by Crippen LogP contribution is -2.54. The molecule has 2 rings (SSSR count). The number of carboxylic acid groups (broad SMARTS) is 1. The standard InChI is InChI=1S/C19H19Cl2F3N4O4/c1-3-28(27-19(30)31)18(29)26-9(2)16-14(22)4-10(7-25-16)12-5-11(20)6-13(21)17(12)32-8-15(23)24/h4-7,9,15,27H,3,8H2,1-2H3,(H,26,29)(H,30,31)/p-1. The van der Waals surface area contributed by atoms with Gasteiger partial charge in [0, 0.05) is 28.9 Å². The van der Waals surface area contributed by atoms with Crippen molar-refractivity contribution in [2.24, 2.45) is 0 Å². The van der Waals surface area contributed by atoms with E-state index >= 15 is 0 Å². The summed E-state index contributed by atoms with van der Waals surface area (Å²) in [7, 11) is 0. The number of carbonyl (C=O) groups excluding carboxylic acids is 2. The summed E-state index contributed by atoms with van der Waals surface area (Å²) in [5.74, 6) is -0.944. The molecule has 32 heavy (non-hydrogen) atoms. The first-order valence-electron chi connectivity index (χ1n) is 9.14. The predicted molar refractivity (Wildman–Crippen MR) is 109 cm³/mol. The smallest absolute Gasteiger partial charge is 0.336 e. The van der Waals surface area contributed by atoms with Crippen molar-refractivity contribution in [1.29, 1.82) is 0 Å². The number of halogens is 5. The maximum Gasteiger partial charge on any atom is 0.336 e. The Kier molecular flexibility index (Phi) is 8.79. The minimum absolute atomic E-state index is 0.0156. The van der Waals surface area contributed by atoms with E-state index in [0.29, 0.717) is 0 Å². The summed E-state index contributed by atoms with van der Waals surface area (Å²) in [6, 6.07) is 1.91. The monoisotopic (exact) mass is 493 g/mol. The molecule has 1 aromatic heterocycles. The second-order valence-corrected chi connectivity index (χ2v) is 7.22. The van der Waals surface area contributed by atoms with Crippen molar-refractivity contribution in [3.05, 3.63) is 46.0 Å². The van der Waals surface area contributed by atoms with Gasteiger partial charge in [-0.3, -0.25) is 10.4 Å². The van der Waals surface area contributed by atoms with E-state index in [0.717, 1.165) is 11.1 Å². The van der Waals surface area contributed by atoms with E-state index in [1.54, 1.807) is 5.43 Å². The number of hydrazine groups is 1. The molecule has 2 aromatic rings. The molecule has 0 aliphatic heterocycles. The van der Waals surface area contributed by atoms with E-state index in [2.05, 4.69) is 10.3 Å². The number of hydrogen-bond donors (Lipinski definition) is 2. The molecule has 0 bridgehead atoms. The number of urea groups is 1. The Morgan fingerprint density at radius 3 is 2.53 bits per heavy atom. The third-order valence-electron chi connectivity index (χ3n) is 4.08. The largest absolute Gasteiger partial charge is 0.529 e. The van der Waals surface area contributed by atoms with Crippen LogP contribution in [0.25, 0.3) is 11.1 Å². The van der Waals surface area contributed by atoms with Gasteiger partial charge in [-0.25, -0.2) is 23.0 Å². The summed E-state index contributed by atoms with van der Waals surface area (Å²) in [4.78, 5) is 26.8. The van der Waals surface area contributed by atoms with Gasteiger partial charge in [0.05, 0.1) is 16.8 Å². The molecule has 0 aliphatic carbocycles. The number of nitrogens with one attached hydrogen (secondary N) is 2. The molecule has 174 valence electrons. The highest BCUT2D eigenvalue weighted by atomic mass is 35.5. The first-order chi connectivity index (χ1) is 15.0. The van der Waals surface area contributed by atoms with E-state index in [9.17, 15) is 27.9 Å². The highest BCUT2D eigenvalue weighted by molar-refractivity contribution is 6.36. The van der Waals surface area contributed by atoms with E-state index < -0.39 is 37.0 Å². The van der Waals surface area contributed by atoms with Crippen LogP contribution < -0.4 is 20.6 Å². The zero-order valence-corrected chi connectivity index (χ0v) is 18.3. The zero-order chi connectivity index (χ0) is 24.0. The van der Waals surface area contributed by atoms with Crippen LogP contribution >= 0.6 is 23.2 Å². The summed E-state index contributed by atoms with van der Waals surface area (Å²) in [6.45, 7) is 2.00. The van der Waals surface area contributed by atoms with Crippen molar-refractivity contribution in [2.75, 3.05) is 13.2 Å². The van der Waals surface area contributed by atoms with Gasteiger partial charge in [-0.05, 0) is 32.0 Å². The number of benzene rings is 1. The summed E-state index contributed by atoms with van der Waals surface area (Å²) in [5.41, 5.74) is 1.92. The molecule has 0 spiro atoms. The van der Waals surface area contributed by atoms with Crippen LogP contribution in [0.5, 0.6) is 5.75 Å². The van der Waals surface area contributed by atoms with Crippen LogP contribution in [0.15, 0.2) is 24.4 Å².